The zero-order valence-electron chi connectivity index (χ0n) is 16.9. The highest BCUT2D eigenvalue weighted by molar-refractivity contribution is 5.91. The van der Waals surface area contributed by atoms with Gasteiger partial charge in [0.1, 0.15) is 5.69 Å². The van der Waals surface area contributed by atoms with Gasteiger partial charge in [-0.1, -0.05) is 13.8 Å². The van der Waals surface area contributed by atoms with E-state index in [1.54, 1.807) is 13.1 Å². The SMILES string of the molecule is CC(=O)N[C@H]1C(C)(C)[C@@H]2C[C@@H]3[C@@H](CCNC(=O)c4cnccn4)OCC[C@@]31C2. The maximum Gasteiger partial charge on any atom is 0.271 e. The van der Waals surface area contributed by atoms with Crippen LogP contribution in [-0.4, -0.2) is 47.1 Å². The fourth-order valence-electron chi connectivity index (χ4n) is 6.23. The molecule has 3 aliphatic rings. The number of ether oxygens (including phenoxy) is 1. The first-order valence-corrected chi connectivity index (χ1v) is 10.3. The molecule has 1 aromatic rings. The number of fused-ring (bicyclic) bond motifs is 1. The highest BCUT2D eigenvalue weighted by atomic mass is 16.5. The van der Waals surface area contributed by atoms with Crippen LogP contribution in [0.3, 0.4) is 0 Å². The first-order chi connectivity index (χ1) is 13.3. The minimum absolute atomic E-state index is 0.0537. The Morgan fingerprint density at radius 3 is 2.86 bits per heavy atom. The molecule has 2 aliphatic carbocycles. The van der Waals surface area contributed by atoms with Gasteiger partial charge in [-0.15, -0.1) is 0 Å². The molecule has 1 aromatic heterocycles. The van der Waals surface area contributed by atoms with Crippen molar-refractivity contribution in [1.82, 2.24) is 20.6 Å². The van der Waals surface area contributed by atoms with E-state index in [2.05, 4.69) is 34.4 Å². The lowest BCUT2D eigenvalue weighted by Crippen LogP contribution is -2.60. The Labute approximate surface area is 166 Å². The molecular formula is C21H30N4O3. The summed E-state index contributed by atoms with van der Waals surface area (Å²) in [5.74, 6) is 0.888. The van der Waals surface area contributed by atoms with Crippen LogP contribution in [0.25, 0.3) is 0 Å². The predicted molar refractivity (Wildman–Crippen MR) is 103 cm³/mol. The average molecular weight is 386 g/mol. The van der Waals surface area contributed by atoms with Crippen LogP contribution in [0, 0.1) is 22.7 Å². The van der Waals surface area contributed by atoms with Crippen LogP contribution in [0.2, 0.25) is 0 Å². The number of nitrogens with one attached hydrogen (secondary N) is 2. The predicted octanol–water partition coefficient (Wildman–Crippen LogP) is 1.94. The van der Waals surface area contributed by atoms with Crippen LogP contribution in [0.4, 0.5) is 0 Å². The van der Waals surface area contributed by atoms with E-state index >= 15 is 0 Å². The lowest BCUT2D eigenvalue weighted by molar-refractivity contribution is -0.135. The Kier molecular flexibility index (Phi) is 4.89. The van der Waals surface area contributed by atoms with Crippen molar-refractivity contribution < 1.29 is 14.3 Å². The third-order valence-electron chi connectivity index (χ3n) is 7.48. The molecule has 0 aromatic carbocycles. The number of aromatic nitrogens is 2. The van der Waals surface area contributed by atoms with E-state index in [4.69, 9.17) is 4.74 Å². The molecule has 2 amide bonds. The fourth-order valence-corrected chi connectivity index (χ4v) is 6.23. The van der Waals surface area contributed by atoms with Crippen molar-refractivity contribution in [3.8, 4) is 0 Å². The summed E-state index contributed by atoms with van der Waals surface area (Å²) in [5.41, 5.74) is 0.568. The largest absolute Gasteiger partial charge is 0.378 e. The molecule has 7 nitrogen and oxygen atoms in total. The maximum atomic E-state index is 12.2. The number of nitrogens with zero attached hydrogens (tertiary/aromatic N) is 2. The van der Waals surface area contributed by atoms with Crippen LogP contribution >= 0.6 is 0 Å². The number of amides is 2. The first-order valence-electron chi connectivity index (χ1n) is 10.3. The number of hydrogen-bond donors (Lipinski definition) is 2. The van der Waals surface area contributed by atoms with Crippen LogP contribution in [0.1, 0.15) is 56.9 Å². The molecule has 3 fully saturated rings. The van der Waals surface area contributed by atoms with E-state index in [-0.39, 0.29) is 34.8 Å². The molecule has 0 radical (unpaired) electrons. The number of carbonyl (C=O) groups excluding carboxylic acids is 2. The van der Waals surface area contributed by atoms with Crippen molar-refractivity contribution in [1.29, 1.82) is 0 Å². The normalized spacial score (nSPS) is 35.2. The lowest BCUT2D eigenvalue weighted by Gasteiger charge is -2.53. The number of carbonyl (C=O) groups is 2. The van der Waals surface area contributed by atoms with Crippen LogP contribution in [-0.2, 0) is 9.53 Å². The molecule has 7 heteroatoms. The average Bonchev–Trinajstić information content (AvgIpc) is 3.16. The van der Waals surface area contributed by atoms with Crippen molar-refractivity contribution in [2.24, 2.45) is 22.7 Å². The molecule has 28 heavy (non-hydrogen) atoms. The quantitative estimate of drug-likeness (QED) is 0.807. The van der Waals surface area contributed by atoms with Gasteiger partial charge < -0.3 is 15.4 Å². The van der Waals surface area contributed by atoms with E-state index in [1.807, 2.05) is 0 Å². The monoisotopic (exact) mass is 386 g/mol. The summed E-state index contributed by atoms with van der Waals surface area (Å²) in [7, 11) is 0. The second-order valence-electron chi connectivity index (χ2n) is 9.23. The van der Waals surface area contributed by atoms with E-state index in [1.165, 1.54) is 18.8 Å². The van der Waals surface area contributed by atoms with E-state index in [0.717, 1.165) is 25.9 Å². The van der Waals surface area contributed by atoms with Gasteiger partial charge in [0.15, 0.2) is 0 Å². The van der Waals surface area contributed by atoms with Crippen molar-refractivity contribution in [3.05, 3.63) is 24.3 Å². The van der Waals surface area contributed by atoms with Gasteiger partial charge in [-0.2, -0.15) is 0 Å². The highest BCUT2D eigenvalue weighted by Gasteiger charge is 2.68. The Balaban J connectivity index is 1.42. The smallest absolute Gasteiger partial charge is 0.271 e. The second kappa shape index (κ2) is 7.10. The summed E-state index contributed by atoms with van der Waals surface area (Å²) in [6.07, 6.45) is 8.75. The maximum absolute atomic E-state index is 12.2. The van der Waals surface area contributed by atoms with E-state index in [0.29, 0.717) is 24.1 Å². The van der Waals surface area contributed by atoms with Crippen molar-refractivity contribution in [2.45, 2.75) is 58.6 Å². The minimum atomic E-state index is -0.205. The third kappa shape index (κ3) is 3.09. The van der Waals surface area contributed by atoms with Gasteiger partial charge in [0, 0.05) is 38.5 Å². The molecule has 2 heterocycles. The fraction of sp³-hybridized carbons (Fsp3) is 0.714. The third-order valence-corrected chi connectivity index (χ3v) is 7.48. The number of rotatable bonds is 5. The molecule has 2 N–H and O–H groups in total. The zero-order valence-corrected chi connectivity index (χ0v) is 16.9. The Morgan fingerprint density at radius 1 is 1.32 bits per heavy atom. The van der Waals surface area contributed by atoms with Crippen molar-refractivity contribution >= 4 is 11.8 Å². The molecule has 1 spiro atoms. The van der Waals surface area contributed by atoms with Gasteiger partial charge >= 0.3 is 0 Å². The topological polar surface area (TPSA) is 93.2 Å². The second-order valence-corrected chi connectivity index (χ2v) is 9.23. The molecule has 5 atom stereocenters. The summed E-state index contributed by atoms with van der Waals surface area (Å²) in [6, 6.07) is 0.196. The van der Waals surface area contributed by atoms with Crippen molar-refractivity contribution in [3.63, 3.8) is 0 Å². The van der Waals surface area contributed by atoms with Gasteiger partial charge in [-0.3, -0.25) is 14.6 Å². The molecule has 1 aliphatic heterocycles. The summed E-state index contributed by atoms with van der Waals surface area (Å²) in [4.78, 5) is 32.1. The van der Waals surface area contributed by atoms with Gasteiger partial charge in [-0.25, -0.2) is 4.98 Å². The Bertz CT molecular complexity index is 753. The van der Waals surface area contributed by atoms with E-state index < -0.39 is 0 Å². The number of hydrogen-bond acceptors (Lipinski definition) is 5. The molecule has 1 saturated heterocycles. The zero-order chi connectivity index (χ0) is 19.9. The Hall–Kier alpha value is -2.02. The van der Waals surface area contributed by atoms with Crippen LogP contribution in [0.5, 0.6) is 0 Å². The Morgan fingerprint density at radius 2 is 2.14 bits per heavy atom. The molecule has 0 unspecified atom stereocenters. The standard InChI is InChI=1S/C21H30N4O3/c1-13(26)25-19-20(2,3)14-10-15-17(28-9-5-21(15,19)11-14)4-6-24-18(27)16-12-22-7-8-23-16/h7-8,12,14-15,17,19H,4-6,9-11H2,1-3H3,(H,24,27)(H,25,26)/t14-,15-,17-,19+,21-/m1/s1. The first kappa shape index (κ1) is 19.3. The van der Waals surface area contributed by atoms with Gasteiger partial charge in [0.2, 0.25) is 5.91 Å². The van der Waals surface area contributed by atoms with Gasteiger partial charge in [0.05, 0.1) is 12.3 Å². The highest BCUT2D eigenvalue weighted by Crippen LogP contribution is 2.68. The molecule has 4 rings (SSSR count). The van der Waals surface area contributed by atoms with E-state index in [9.17, 15) is 9.59 Å². The molecule has 2 bridgehead atoms. The van der Waals surface area contributed by atoms with Gasteiger partial charge in [0.25, 0.3) is 5.91 Å². The van der Waals surface area contributed by atoms with Crippen LogP contribution < -0.4 is 10.6 Å². The molecule has 2 saturated carbocycles. The minimum Gasteiger partial charge on any atom is -0.378 e. The summed E-state index contributed by atoms with van der Waals surface area (Å²) >= 11 is 0. The van der Waals surface area contributed by atoms with Gasteiger partial charge in [-0.05, 0) is 48.3 Å². The van der Waals surface area contributed by atoms with Crippen LogP contribution in [0.15, 0.2) is 18.6 Å². The summed E-state index contributed by atoms with van der Waals surface area (Å²) in [6.45, 7) is 7.49. The molecule has 152 valence electrons. The summed E-state index contributed by atoms with van der Waals surface area (Å²) in [5, 5.41) is 6.23. The lowest BCUT2D eigenvalue weighted by atomic mass is 9.59. The molecular weight excluding hydrogens is 356 g/mol. The summed E-state index contributed by atoms with van der Waals surface area (Å²) < 4.78 is 6.16. The van der Waals surface area contributed by atoms with Crippen molar-refractivity contribution in [2.75, 3.05) is 13.2 Å².